The van der Waals surface area contributed by atoms with Crippen molar-refractivity contribution in [3.63, 3.8) is 0 Å². The van der Waals surface area contributed by atoms with Gasteiger partial charge in [-0.2, -0.15) is 5.26 Å². The monoisotopic (exact) mass is 320 g/mol. The second-order valence-corrected chi connectivity index (χ2v) is 6.68. The fourth-order valence-electron chi connectivity index (χ4n) is 2.92. The van der Waals surface area contributed by atoms with Crippen LogP contribution in [0, 0.1) is 18.3 Å². The van der Waals surface area contributed by atoms with E-state index in [4.69, 9.17) is 5.73 Å². The van der Waals surface area contributed by atoms with Gasteiger partial charge in [-0.1, -0.05) is 66.4 Å². The maximum absolute atomic E-state index is 12.9. The molecule has 2 aromatic rings. The lowest BCUT2D eigenvalue weighted by Gasteiger charge is -2.20. The van der Waals surface area contributed by atoms with Crippen LogP contribution in [0.2, 0.25) is 0 Å². The average Bonchev–Trinajstić information content (AvgIpc) is 2.91. The minimum absolute atomic E-state index is 0.0112. The van der Waals surface area contributed by atoms with Crippen LogP contribution in [0.1, 0.15) is 27.4 Å². The third-order valence-corrected chi connectivity index (χ3v) is 5.31. The van der Waals surface area contributed by atoms with Crippen LogP contribution in [0.4, 0.5) is 0 Å². The van der Waals surface area contributed by atoms with E-state index in [1.54, 1.807) is 12.1 Å². The fraction of sp³-hybridized carbons (Fsp3) is 0.158. The van der Waals surface area contributed by atoms with E-state index >= 15 is 0 Å². The molecule has 0 saturated carbocycles. The summed E-state index contributed by atoms with van der Waals surface area (Å²) in [5, 5.41) is 9.58. The molecule has 3 rings (SSSR count). The van der Waals surface area contributed by atoms with Crippen LogP contribution in [-0.4, -0.2) is 11.0 Å². The number of rotatable bonds is 3. The molecule has 1 heterocycles. The predicted octanol–water partition coefficient (Wildman–Crippen LogP) is 3.77. The second-order valence-electron chi connectivity index (χ2n) is 5.49. The Morgan fingerprint density at radius 1 is 1.13 bits per heavy atom. The Morgan fingerprint density at radius 2 is 1.78 bits per heavy atom. The van der Waals surface area contributed by atoms with E-state index in [-0.39, 0.29) is 11.7 Å². The number of thioether (sulfide) groups is 1. The van der Waals surface area contributed by atoms with Gasteiger partial charge in [-0.05, 0) is 18.1 Å². The summed E-state index contributed by atoms with van der Waals surface area (Å²) in [5.41, 5.74) is 9.24. The van der Waals surface area contributed by atoms with Crippen LogP contribution in [0.3, 0.4) is 0 Å². The normalized spacial score (nSPS) is 20.3. The number of hydrogen-bond acceptors (Lipinski definition) is 4. The molecule has 114 valence electrons. The molecular weight excluding hydrogens is 304 g/mol. The lowest BCUT2D eigenvalue weighted by molar-refractivity contribution is 0.0985. The first kappa shape index (κ1) is 15.4. The SMILES string of the molecule is Cc1ccccc1C1C(C#N)=C(N)SC1C(=O)c1ccccc1. The summed E-state index contributed by atoms with van der Waals surface area (Å²) in [5.74, 6) is -0.282. The van der Waals surface area contributed by atoms with Gasteiger partial charge in [0.15, 0.2) is 5.78 Å². The van der Waals surface area contributed by atoms with Crippen molar-refractivity contribution in [3.8, 4) is 6.07 Å². The van der Waals surface area contributed by atoms with Crippen molar-refractivity contribution in [2.45, 2.75) is 18.1 Å². The Labute approximate surface area is 139 Å². The van der Waals surface area contributed by atoms with Crippen molar-refractivity contribution in [2.75, 3.05) is 0 Å². The number of Topliss-reactive ketones (excluding diaryl/α,β-unsaturated/α-hetero) is 1. The highest BCUT2D eigenvalue weighted by atomic mass is 32.2. The molecule has 0 bridgehead atoms. The van der Waals surface area contributed by atoms with Crippen molar-refractivity contribution in [1.82, 2.24) is 0 Å². The molecule has 3 nitrogen and oxygen atoms in total. The Kier molecular flexibility index (Phi) is 4.22. The van der Waals surface area contributed by atoms with E-state index in [1.807, 2.05) is 49.4 Å². The Hall–Kier alpha value is -2.51. The molecule has 1 aliphatic rings. The summed E-state index contributed by atoms with van der Waals surface area (Å²) in [6.07, 6.45) is 0. The van der Waals surface area contributed by atoms with Crippen molar-refractivity contribution in [2.24, 2.45) is 5.73 Å². The maximum atomic E-state index is 12.9. The lowest BCUT2D eigenvalue weighted by atomic mass is 9.84. The Balaban J connectivity index is 2.06. The lowest BCUT2D eigenvalue weighted by Crippen LogP contribution is -2.23. The van der Waals surface area contributed by atoms with Gasteiger partial charge in [0, 0.05) is 11.5 Å². The van der Waals surface area contributed by atoms with Crippen molar-refractivity contribution >= 4 is 17.5 Å². The zero-order valence-corrected chi connectivity index (χ0v) is 13.5. The molecule has 0 aliphatic carbocycles. The highest BCUT2D eigenvalue weighted by Crippen LogP contribution is 2.47. The first-order valence-corrected chi connectivity index (χ1v) is 8.22. The zero-order chi connectivity index (χ0) is 16.4. The number of aryl methyl sites for hydroxylation is 1. The first-order chi connectivity index (χ1) is 11.1. The maximum Gasteiger partial charge on any atom is 0.177 e. The second kappa shape index (κ2) is 6.31. The van der Waals surface area contributed by atoms with Gasteiger partial charge in [0.2, 0.25) is 0 Å². The molecule has 2 N–H and O–H groups in total. The summed E-state index contributed by atoms with van der Waals surface area (Å²) in [6, 6.07) is 19.2. The van der Waals surface area contributed by atoms with E-state index in [0.717, 1.165) is 11.1 Å². The molecule has 1 aliphatic heterocycles. The van der Waals surface area contributed by atoms with Gasteiger partial charge in [-0.25, -0.2) is 0 Å². The van der Waals surface area contributed by atoms with Crippen LogP contribution in [0.15, 0.2) is 65.2 Å². The zero-order valence-electron chi connectivity index (χ0n) is 12.7. The number of ketones is 1. The number of allylic oxidation sites excluding steroid dienone is 1. The highest BCUT2D eigenvalue weighted by molar-refractivity contribution is 8.04. The van der Waals surface area contributed by atoms with Gasteiger partial charge in [0.05, 0.1) is 21.9 Å². The number of benzene rings is 2. The van der Waals surface area contributed by atoms with Gasteiger partial charge in [0.1, 0.15) is 0 Å². The molecule has 2 unspecified atom stereocenters. The van der Waals surface area contributed by atoms with Crippen LogP contribution in [0.25, 0.3) is 0 Å². The van der Waals surface area contributed by atoms with Crippen molar-refractivity contribution in [1.29, 1.82) is 5.26 Å². The number of carbonyl (C=O) groups is 1. The number of nitrogens with two attached hydrogens (primary N) is 1. The van der Waals surface area contributed by atoms with Crippen molar-refractivity contribution < 1.29 is 4.79 Å². The molecule has 0 aromatic heterocycles. The van der Waals surface area contributed by atoms with Gasteiger partial charge in [-0.15, -0.1) is 0 Å². The molecular formula is C19H16N2OS. The molecule has 2 atom stereocenters. The number of hydrogen-bond donors (Lipinski definition) is 1. The number of carbonyl (C=O) groups excluding carboxylic acids is 1. The van der Waals surface area contributed by atoms with E-state index in [0.29, 0.717) is 16.2 Å². The summed E-state index contributed by atoms with van der Waals surface area (Å²) in [7, 11) is 0. The topological polar surface area (TPSA) is 66.9 Å². The minimum atomic E-state index is -0.395. The smallest absolute Gasteiger partial charge is 0.177 e. The average molecular weight is 320 g/mol. The quantitative estimate of drug-likeness (QED) is 0.874. The molecule has 0 amide bonds. The number of nitriles is 1. The van der Waals surface area contributed by atoms with E-state index in [9.17, 15) is 10.1 Å². The van der Waals surface area contributed by atoms with Crippen LogP contribution in [0.5, 0.6) is 0 Å². The van der Waals surface area contributed by atoms with Crippen LogP contribution >= 0.6 is 11.8 Å². The Morgan fingerprint density at radius 3 is 2.43 bits per heavy atom. The summed E-state index contributed by atoms with van der Waals surface area (Å²) >= 11 is 1.30. The van der Waals surface area contributed by atoms with E-state index in [1.165, 1.54) is 11.8 Å². The number of nitrogens with zero attached hydrogens (tertiary/aromatic N) is 1. The molecule has 4 heteroatoms. The fourth-order valence-corrected chi connectivity index (χ4v) is 4.16. The largest absolute Gasteiger partial charge is 0.393 e. The molecule has 0 fully saturated rings. The molecule has 0 saturated heterocycles. The molecule has 0 radical (unpaired) electrons. The van der Waals surface area contributed by atoms with E-state index < -0.39 is 5.25 Å². The molecule has 2 aromatic carbocycles. The van der Waals surface area contributed by atoms with Gasteiger partial charge in [0.25, 0.3) is 0 Å². The van der Waals surface area contributed by atoms with E-state index in [2.05, 4.69) is 6.07 Å². The standard InChI is InChI=1S/C19H16N2OS/c1-12-7-5-6-10-14(12)16-15(11-20)19(21)23-18(16)17(22)13-8-3-2-4-9-13/h2-10,16,18H,21H2,1H3. The summed E-state index contributed by atoms with van der Waals surface area (Å²) in [4.78, 5) is 12.9. The molecule has 23 heavy (non-hydrogen) atoms. The van der Waals surface area contributed by atoms with Crippen LogP contribution < -0.4 is 5.73 Å². The Bertz CT molecular complexity index is 821. The summed E-state index contributed by atoms with van der Waals surface area (Å²) in [6.45, 7) is 1.99. The third-order valence-electron chi connectivity index (χ3n) is 4.09. The van der Waals surface area contributed by atoms with Gasteiger partial charge < -0.3 is 5.73 Å². The molecule has 0 spiro atoms. The summed E-state index contributed by atoms with van der Waals surface area (Å²) < 4.78 is 0. The van der Waals surface area contributed by atoms with Crippen LogP contribution in [-0.2, 0) is 0 Å². The van der Waals surface area contributed by atoms with Crippen molar-refractivity contribution in [3.05, 3.63) is 81.9 Å². The van der Waals surface area contributed by atoms with Gasteiger partial charge >= 0.3 is 0 Å². The predicted molar refractivity (Wildman–Crippen MR) is 92.9 cm³/mol. The van der Waals surface area contributed by atoms with Gasteiger partial charge in [-0.3, -0.25) is 4.79 Å². The highest BCUT2D eigenvalue weighted by Gasteiger charge is 2.41. The first-order valence-electron chi connectivity index (χ1n) is 7.34. The minimum Gasteiger partial charge on any atom is -0.393 e. The third kappa shape index (κ3) is 2.76.